The number of rotatable bonds is 8. The van der Waals surface area contributed by atoms with Gasteiger partial charge >= 0.3 is 11.7 Å². The van der Waals surface area contributed by atoms with E-state index in [4.69, 9.17) is 0 Å². The zero-order chi connectivity index (χ0) is 28.4. The number of aromatic amines is 2. The molecule has 3 aliphatic rings. The number of carbonyl (C=O) groups excluding carboxylic acids is 3. The molecule has 206 valence electrons. The van der Waals surface area contributed by atoms with E-state index in [0.29, 0.717) is 30.0 Å². The van der Waals surface area contributed by atoms with Crippen molar-refractivity contribution < 1.29 is 24.3 Å². The average Bonchev–Trinajstić information content (AvgIpc) is 2.93. The van der Waals surface area contributed by atoms with E-state index >= 15 is 0 Å². The summed E-state index contributed by atoms with van der Waals surface area (Å²) in [4.78, 5) is 81.2. The van der Waals surface area contributed by atoms with Crippen LogP contribution in [-0.4, -0.2) is 78.8 Å². The fourth-order valence-electron chi connectivity index (χ4n) is 4.64. The largest absolute Gasteiger partial charge is 0.477 e. The number of allylic oxidation sites excluding steroid dienone is 2. The van der Waals surface area contributed by atoms with Gasteiger partial charge in [-0.3, -0.25) is 29.1 Å². The predicted molar refractivity (Wildman–Crippen MR) is 145 cm³/mol. The Bertz CT molecular complexity index is 1610. The molecule has 1 saturated heterocycles. The number of hydrogen-bond donors (Lipinski definition) is 5. The number of amides is 3. The second-order valence-corrected chi connectivity index (χ2v) is 10.3. The van der Waals surface area contributed by atoms with Crippen LogP contribution in [0.15, 0.2) is 75.7 Å². The highest BCUT2D eigenvalue weighted by Crippen LogP contribution is 2.40. The van der Waals surface area contributed by atoms with Gasteiger partial charge in [0.15, 0.2) is 0 Å². The molecule has 3 aliphatic heterocycles. The second kappa shape index (κ2) is 11.1. The van der Waals surface area contributed by atoms with Crippen LogP contribution in [0, 0.1) is 0 Å². The Labute approximate surface area is 230 Å². The van der Waals surface area contributed by atoms with Gasteiger partial charge in [0, 0.05) is 30.7 Å². The van der Waals surface area contributed by atoms with Crippen molar-refractivity contribution in [2.24, 2.45) is 0 Å². The van der Waals surface area contributed by atoms with E-state index in [2.05, 4.69) is 15.6 Å². The molecule has 2 atom stereocenters. The smallest absolute Gasteiger partial charge is 0.352 e. The first-order valence-electron chi connectivity index (χ1n) is 12.2. The molecule has 0 bridgehead atoms. The molecule has 1 fully saturated rings. The number of carbonyl (C=O) groups is 4. The van der Waals surface area contributed by atoms with Gasteiger partial charge in [-0.1, -0.05) is 30.4 Å². The molecule has 1 aromatic carbocycles. The normalized spacial score (nSPS) is 19.6. The number of thioether (sulfide) groups is 1. The van der Waals surface area contributed by atoms with Gasteiger partial charge in [-0.05, 0) is 29.5 Å². The van der Waals surface area contributed by atoms with E-state index in [1.54, 1.807) is 24.3 Å². The van der Waals surface area contributed by atoms with Crippen molar-refractivity contribution in [3.8, 4) is 0 Å². The highest BCUT2D eigenvalue weighted by molar-refractivity contribution is 8.00. The van der Waals surface area contributed by atoms with Crippen molar-refractivity contribution in [1.82, 2.24) is 25.1 Å². The Morgan fingerprint density at radius 1 is 1.12 bits per heavy atom. The number of β-lactam (4-membered cyclic amide) rings is 1. The van der Waals surface area contributed by atoms with Gasteiger partial charge in [0.1, 0.15) is 22.7 Å². The molecule has 1 aromatic heterocycles. The summed E-state index contributed by atoms with van der Waals surface area (Å²) in [7, 11) is 0. The topological polar surface area (TPSA) is 185 Å². The number of aromatic nitrogens is 2. The second-order valence-electron chi connectivity index (χ2n) is 9.19. The molecule has 14 heteroatoms. The summed E-state index contributed by atoms with van der Waals surface area (Å²) < 4.78 is 0. The molecule has 0 spiro atoms. The SMILES string of the molecule is O=C(Cc1ccccc1NC(=O)c1c[nH]c(=O)[nH]c1=O)NC1C(=O)N2C(C(=O)O)=C(CN3C=CC=CC3)CS[C@H]12. The van der Waals surface area contributed by atoms with Crippen molar-refractivity contribution in [2.75, 3.05) is 24.2 Å². The van der Waals surface area contributed by atoms with Crippen LogP contribution in [0.25, 0.3) is 0 Å². The summed E-state index contributed by atoms with van der Waals surface area (Å²) in [6, 6.07) is 5.56. The van der Waals surface area contributed by atoms with E-state index in [9.17, 15) is 33.9 Å². The Hall–Kier alpha value is -4.85. The molecule has 5 N–H and O–H groups in total. The van der Waals surface area contributed by atoms with Crippen LogP contribution in [0.3, 0.4) is 0 Å². The third-order valence-corrected chi connectivity index (χ3v) is 7.86. The van der Waals surface area contributed by atoms with Crippen LogP contribution in [0.5, 0.6) is 0 Å². The van der Waals surface area contributed by atoms with Gasteiger partial charge in [-0.2, -0.15) is 0 Å². The van der Waals surface area contributed by atoms with Gasteiger partial charge in [0.25, 0.3) is 17.4 Å². The van der Waals surface area contributed by atoms with E-state index in [-0.39, 0.29) is 23.4 Å². The Kier molecular flexibility index (Phi) is 7.42. The molecule has 0 aliphatic carbocycles. The van der Waals surface area contributed by atoms with E-state index < -0.39 is 46.4 Å². The maximum absolute atomic E-state index is 13.0. The van der Waals surface area contributed by atoms with E-state index in [0.717, 1.165) is 6.20 Å². The first kappa shape index (κ1) is 26.7. The number of hydrogen-bond acceptors (Lipinski definition) is 8. The van der Waals surface area contributed by atoms with Crippen LogP contribution >= 0.6 is 11.8 Å². The summed E-state index contributed by atoms with van der Waals surface area (Å²) in [5.74, 6) is -2.59. The molecule has 3 amide bonds. The number of benzene rings is 1. The highest BCUT2D eigenvalue weighted by atomic mass is 32.2. The Morgan fingerprint density at radius 2 is 1.93 bits per heavy atom. The van der Waals surface area contributed by atoms with Gasteiger partial charge in [-0.15, -0.1) is 11.8 Å². The monoisotopic (exact) mass is 564 g/mol. The maximum Gasteiger partial charge on any atom is 0.352 e. The molecular weight excluding hydrogens is 540 g/mol. The minimum Gasteiger partial charge on any atom is -0.477 e. The summed E-state index contributed by atoms with van der Waals surface area (Å²) in [5.41, 5.74) is -0.669. The zero-order valence-corrected chi connectivity index (χ0v) is 21.7. The lowest BCUT2D eigenvalue weighted by Gasteiger charge is -2.49. The van der Waals surface area contributed by atoms with Crippen molar-refractivity contribution in [3.63, 3.8) is 0 Å². The first-order chi connectivity index (χ1) is 19.2. The average molecular weight is 565 g/mol. The summed E-state index contributed by atoms with van der Waals surface area (Å²) in [6.07, 6.45) is 8.38. The van der Waals surface area contributed by atoms with E-state index in [1.165, 1.54) is 16.7 Å². The van der Waals surface area contributed by atoms with Crippen molar-refractivity contribution in [2.45, 2.75) is 17.8 Å². The van der Waals surface area contributed by atoms with Gasteiger partial charge < -0.3 is 25.6 Å². The lowest BCUT2D eigenvalue weighted by atomic mass is 10.0. The van der Waals surface area contributed by atoms with Crippen molar-refractivity contribution >= 4 is 41.1 Å². The Morgan fingerprint density at radius 3 is 2.65 bits per heavy atom. The lowest BCUT2D eigenvalue weighted by Crippen LogP contribution is -2.70. The summed E-state index contributed by atoms with van der Waals surface area (Å²) >= 11 is 1.39. The fourth-order valence-corrected chi connectivity index (χ4v) is 5.97. The summed E-state index contributed by atoms with van der Waals surface area (Å²) in [6.45, 7) is 1.01. The van der Waals surface area contributed by atoms with Crippen molar-refractivity contribution in [1.29, 1.82) is 0 Å². The number of carboxylic acids is 1. The number of nitrogens with zero attached hydrogens (tertiary/aromatic N) is 2. The molecular formula is C26H24N6O7S. The Balaban J connectivity index is 1.25. The number of para-hydroxylation sites is 1. The number of anilines is 1. The number of H-pyrrole nitrogens is 2. The maximum atomic E-state index is 13.0. The van der Waals surface area contributed by atoms with Crippen LogP contribution in [0.1, 0.15) is 15.9 Å². The quantitative estimate of drug-likeness (QED) is 0.275. The highest BCUT2D eigenvalue weighted by Gasteiger charge is 2.54. The number of nitrogens with one attached hydrogen (secondary N) is 4. The standard InChI is InChI=1S/C26H24N6O7S/c33-18(10-14-6-2-3-7-17(14)28-21(34)16-11-27-26(39)30-22(16)35)29-19-23(36)32-20(25(37)38)15(13-40-24(19)32)12-31-8-4-1-5-9-31/h1-8,11,19,24H,9-10,12-13H2,(H,28,34)(H,29,33)(H,37,38)(H2,27,30,35,39)/t19?,24-/m1/s1. The van der Waals surface area contributed by atoms with Crippen LogP contribution in [0.4, 0.5) is 5.69 Å². The number of fused-ring (bicyclic) bond motifs is 1. The molecule has 2 aromatic rings. The minimum atomic E-state index is -1.19. The molecule has 0 saturated carbocycles. The van der Waals surface area contributed by atoms with Gasteiger partial charge in [-0.25, -0.2) is 9.59 Å². The third-order valence-electron chi connectivity index (χ3n) is 6.52. The molecule has 1 unspecified atom stereocenters. The zero-order valence-electron chi connectivity index (χ0n) is 20.9. The molecule has 0 radical (unpaired) electrons. The van der Waals surface area contributed by atoms with Crippen LogP contribution in [-0.2, 0) is 20.8 Å². The summed E-state index contributed by atoms with van der Waals surface area (Å²) in [5, 5.41) is 14.6. The lowest BCUT2D eigenvalue weighted by molar-refractivity contribution is -0.150. The molecule has 4 heterocycles. The molecule has 13 nitrogen and oxygen atoms in total. The van der Waals surface area contributed by atoms with Crippen LogP contribution in [0.2, 0.25) is 0 Å². The number of aliphatic carboxylic acids is 1. The molecule has 40 heavy (non-hydrogen) atoms. The van der Waals surface area contributed by atoms with Gasteiger partial charge in [0.05, 0.1) is 6.42 Å². The first-order valence-corrected chi connectivity index (χ1v) is 13.3. The molecule has 5 rings (SSSR count). The third kappa shape index (κ3) is 5.33. The van der Waals surface area contributed by atoms with Crippen LogP contribution < -0.4 is 21.9 Å². The van der Waals surface area contributed by atoms with Gasteiger partial charge in [0.2, 0.25) is 5.91 Å². The van der Waals surface area contributed by atoms with E-state index in [1.807, 2.05) is 34.3 Å². The fraction of sp³-hybridized carbons (Fsp3) is 0.231. The minimum absolute atomic E-state index is 0.0486. The predicted octanol–water partition coefficient (Wildman–Crippen LogP) is -0.0179. The van der Waals surface area contributed by atoms with Crippen molar-refractivity contribution in [3.05, 3.63) is 98.1 Å². The number of carboxylic acid groups (broad SMARTS) is 1.